The zero-order valence-electron chi connectivity index (χ0n) is 21.6. The second kappa shape index (κ2) is 8.69. The van der Waals surface area contributed by atoms with Crippen molar-refractivity contribution >= 4 is 45.6 Å². The van der Waals surface area contributed by atoms with Crippen molar-refractivity contribution in [3.63, 3.8) is 0 Å². The van der Waals surface area contributed by atoms with Crippen LogP contribution in [0.1, 0.15) is 11.1 Å². The van der Waals surface area contributed by atoms with E-state index in [-0.39, 0.29) is 0 Å². The predicted octanol–water partition coefficient (Wildman–Crippen LogP) is 8.60. The van der Waals surface area contributed by atoms with Crippen LogP contribution in [-0.4, -0.2) is 13.1 Å². The highest BCUT2D eigenvalue weighted by Gasteiger charge is 2.17. The van der Waals surface area contributed by atoms with Crippen molar-refractivity contribution < 1.29 is 0 Å². The van der Waals surface area contributed by atoms with E-state index < -0.39 is 8.07 Å². The minimum absolute atomic E-state index is 0.674. The van der Waals surface area contributed by atoms with Crippen molar-refractivity contribution in [3.05, 3.63) is 108 Å². The first-order valence-corrected chi connectivity index (χ1v) is 16.2. The largest absolute Gasteiger partial charge is 0.256 e. The van der Waals surface area contributed by atoms with Gasteiger partial charge in [0.25, 0.3) is 0 Å². The summed E-state index contributed by atoms with van der Waals surface area (Å²) >= 11 is 0. The highest BCUT2D eigenvalue weighted by Crippen LogP contribution is 2.37. The van der Waals surface area contributed by atoms with Crippen molar-refractivity contribution in [1.82, 2.24) is 4.98 Å². The Bertz CT molecular complexity index is 1870. The van der Waals surface area contributed by atoms with Crippen LogP contribution in [0.4, 0.5) is 0 Å². The van der Waals surface area contributed by atoms with Crippen molar-refractivity contribution in [2.45, 2.75) is 26.6 Å². The van der Waals surface area contributed by atoms with Gasteiger partial charge in [0.2, 0.25) is 0 Å². The molecule has 0 saturated carbocycles. The molecule has 0 aliphatic heterocycles. The number of nitrogens with zero attached hydrogens (tertiary/aromatic N) is 2. The lowest BCUT2D eigenvalue weighted by atomic mass is 9.91. The second-order valence-electron chi connectivity index (χ2n) is 10.8. The molecule has 1 heterocycles. The van der Waals surface area contributed by atoms with E-state index >= 15 is 0 Å². The fourth-order valence-corrected chi connectivity index (χ4v) is 6.62. The van der Waals surface area contributed by atoms with Gasteiger partial charge >= 0.3 is 0 Å². The Labute approximate surface area is 218 Å². The van der Waals surface area contributed by atoms with E-state index in [2.05, 4.69) is 99.4 Å². The van der Waals surface area contributed by atoms with Crippen LogP contribution in [0.5, 0.6) is 0 Å². The first kappa shape index (κ1) is 23.2. The van der Waals surface area contributed by atoms with Gasteiger partial charge in [0.1, 0.15) is 0 Å². The summed E-state index contributed by atoms with van der Waals surface area (Å²) in [5, 5.41) is 18.1. The summed E-state index contributed by atoms with van der Waals surface area (Å²) in [7, 11) is -1.32. The van der Waals surface area contributed by atoms with Gasteiger partial charge in [-0.2, -0.15) is 5.26 Å². The van der Waals surface area contributed by atoms with Crippen LogP contribution in [0.2, 0.25) is 19.6 Å². The van der Waals surface area contributed by atoms with E-state index in [0.717, 1.165) is 27.4 Å². The van der Waals surface area contributed by atoms with Gasteiger partial charge in [0, 0.05) is 17.1 Å². The Balaban J connectivity index is 1.52. The zero-order chi connectivity index (χ0) is 25.7. The Morgan fingerprint density at radius 1 is 0.676 bits per heavy atom. The van der Waals surface area contributed by atoms with Crippen LogP contribution in [0, 0.1) is 18.3 Å². The van der Waals surface area contributed by atoms with Crippen LogP contribution < -0.4 is 5.19 Å². The maximum Gasteiger partial charge on any atom is 0.0998 e. The summed E-state index contributed by atoms with van der Waals surface area (Å²) in [5.41, 5.74) is 6.37. The molecule has 0 unspecified atom stereocenters. The van der Waals surface area contributed by atoms with Crippen molar-refractivity contribution in [2.24, 2.45) is 0 Å². The number of aryl methyl sites for hydroxylation is 1. The minimum atomic E-state index is -1.32. The maximum atomic E-state index is 9.80. The molecular formula is C34H28N2Si. The molecular weight excluding hydrogens is 464 g/mol. The summed E-state index contributed by atoms with van der Waals surface area (Å²) in [6.07, 6.45) is 1.89. The van der Waals surface area contributed by atoms with E-state index in [1.807, 2.05) is 30.5 Å². The third-order valence-corrected chi connectivity index (χ3v) is 9.59. The van der Waals surface area contributed by atoms with Gasteiger partial charge in [-0.3, -0.25) is 4.98 Å². The van der Waals surface area contributed by atoms with E-state index in [4.69, 9.17) is 4.98 Å². The number of hydrogen-bond donors (Lipinski definition) is 0. The molecule has 0 saturated heterocycles. The number of aromatic nitrogens is 1. The molecule has 0 atom stereocenters. The third kappa shape index (κ3) is 3.91. The lowest BCUT2D eigenvalue weighted by Crippen LogP contribution is -2.37. The summed E-state index contributed by atoms with van der Waals surface area (Å²) < 4.78 is 0. The summed E-state index contributed by atoms with van der Waals surface area (Å²) in [6, 6.07) is 34.7. The molecule has 6 aromatic rings. The van der Waals surface area contributed by atoms with E-state index in [9.17, 15) is 5.26 Å². The van der Waals surface area contributed by atoms with Gasteiger partial charge in [-0.25, -0.2) is 0 Å². The number of rotatable bonds is 3. The highest BCUT2D eigenvalue weighted by molar-refractivity contribution is 6.88. The molecule has 0 radical (unpaired) electrons. The van der Waals surface area contributed by atoms with Crippen LogP contribution in [0.15, 0.2) is 97.2 Å². The van der Waals surface area contributed by atoms with Gasteiger partial charge < -0.3 is 0 Å². The fourth-order valence-electron chi connectivity index (χ4n) is 5.45. The summed E-state index contributed by atoms with van der Waals surface area (Å²) in [4.78, 5) is 4.78. The molecule has 0 N–H and O–H groups in total. The number of pyridine rings is 1. The minimum Gasteiger partial charge on any atom is -0.256 e. The van der Waals surface area contributed by atoms with Gasteiger partial charge in [-0.1, -0.05) is 97.6 Å². The standard InChI is InChI=1S/C34H28N2Si/c1-22-28(23-9-11-27(12-10-23)37(2,3)4)13-15-31-29(22)14-16-33-32(31)17-18-36-34(33)25-19-24-7-5-6-8-30(24)26(20-25)21-35/h5-20H,1-4H3. The van der Waals surface area contributed by atoms with Gasteiger partial charge in [-0.05, 0) is 68.7 Å². The third-order valence-electron chi connectivity index (χ3n) is 7.53. The van der Waals surface area contributed by atoms with E-state index in [1.165, 1.54) is 38.0 Å². The number of benzene rings is 5. The monoisotopic (exact) mass is 492 g/mol. The second-order valence-corrected chi connectivity index (χ2v) is 15.9. The molecule has 37 heavy (non-hydrogen) atoms. The van der Waals surface area contributed by atoms with Crippen LogP contribution in [0.3, 0.4) is 0 Å². The van der Waals surface area contributed by atoms with E-state index in [1.54, 1.807) is 0 Å². The molecule has 178 valence electrons. The molecule has 1 aromatic heterocycles. The Morgan fingerprint density at radius 3 is 2.14 bits per heavy atom. The number of fused-ring (bicyclic) bond motifs is 4. The number of nitriles is 1. The van der Waals surface area contributed by atoms with Gasteiger partial charge in [0.05, 0.1) is 25.4 Å². The highest BCUT2D eigenvalue weighted by atomic mass is 28.3. The van der Waals surface area contributed by atoms with Gasteiger partial charge in [0.15, 0.2) is 0 Å². The van der Waals surface area contributed by atoms with Crippen LogP contribution in [-0.2, 0) is 0 Å². The van der Waals surface area contributed by atoms with Crippen molar-refractivity contribution in [3.8, 4) is 28.5 Å². The lowest BCUT2D eigenvalue weighted by Gasteiger charge is -2.18. The molecule has 0 bridgehead atoms. The quantitative estimate of drug-likeness (QED) is 0.183. The first-order valence-electron chi connectivity index (χ1n) is 12.7. The molecule has 3 heteroatoms. The molecule has 5 aromatic carbocycles. The number of hydrogen-bond acceptors (Lipinski definition) is 2. The van der Waals surface area contributed by atoms with Crippen molar-refractivity contribution in [2.75, 3.05) is 0 Å². The first-order chi connectivity index (χ1) is 17.8. The van der Waals surface area contributed by atoms with E-state index in [0.29, 0.717) is 5.56 Å². The predicted molar refractivity (Wildman–Crippen MR) is 160 cm³/mol. The topological polar surface area (TPSA) is 36.7 Å². The van der Waals surface area contributed by atoms with Crippen LogP contribution in [0.25, 0.3) is 54.7 Å². The zero-order valence-corrected chi connectivity index (χ0v) is 22.6. The average molecular weight is 493 g/mol. The van der Waals surface area contributed by atoms with Crippen molar-refractivity contribution in [1.29, 1.82) is 5.26 Å². The smallest absolute Gasteiger partial charge is 0.0998 e. The summed E-state index contributed by atoms with van der Waals surface area (Å²) in [6.45, 7) is 9.38. The Hall–Kier alpha value is -4.26. The van der Waals surface area contributed by atoms with Gasteiger partial charge in [-0.15, -0.1) is 0 Å². The Kier molecular flexibility index (Phi) is 5.44. The fraction of sp³-hybridized carbons (Fsp3) is 0.118. The molecule has 0 amide bonds. The normalized spacial score (nSPS) is 11.8. The Morgan fingerprint density at radius 2 is 1.38 bits per heavy atom. The molecule has 0 spiro atoms. The lowest BCUT2D eigenvalue weighted by molar-refractivity contribution is 1.36. The molecule has 0 aliphatic carbocycles. The molecule has 6 rings (SSSR count). The van der Waals surface area contributed by atoms with Crippen LogP contribution >= 0.6 is 0 Å². The maximum absolute atomic E-state index is 9.80. The molecule has 2 nitrogen and oxygen atoms in total. The molecule has 0 aliphatic rings. The average Bonchev–Trinajstić information content (AvgIpc) is 2.91. The summed E-state index contributed by atoms with van der Waals surface area (Å²) in [5.74, 6) is 0. The molecule has 0 fully saturated rings. The SMILES string of the molecule is Cc1c(-c2ccc([Si](C)(C)C)cc2)ccc2c1ccc1c(-c3cc(C#N)c4ccccc4c3)nccc12.